The second-order valence-corrected chi connectivity index (χ2v) is 5.92. The lowest BCUT2D eigenvalue weighted by atomic mass is 10.2. The van der Waals surface area contributed by atoms with Crippen molar-refractivity contribution in [1.29, 1.82) is 0 Å². The van der Waals surface area contributed by atoms with Crippen LogP contribution in [0.25, 0.3) is 16.9 Å². The summed E-state index contributed by atoms with van der Waals surface area (Å²) in [5.41, 5.74) is 3.42. The molecule has 0 saturated carbocycles. The highest BCUT2D eigenvalue weighted by atomic mass is 19.1. The number of hydrogen-bond donors (Lipinski definition) is 1. The molecule has 4 aromatic rings. The van der Waals surface area contributed by atoms with Crippen LogP contribution in [0, 0.1) is 0 Å². The van der Waals surface area contributed by atoms with Crippen LogP contribution >= 0.6 is 0 Å². The minimum Gasteiger partial charge on any atom is -0.339 e. The molecule has 0 aliphatic rings. The largest absolute Gasteiger partial charge is 0.339 e. The Kier molecular flexibility index (Phi) is 4.31. The molecule has 0 aliphatic heterocycles. The van der Waals surface area contributed by atoms with Crippen molar-refractivity contribution in [1.82, 2.24) is 19.5 Å². The molecule has 2 heterocycles. The normalized spacial score (nSPS) is 11.0. The number of halogens is 1. The first kappa shape index (κ1) is 16.2. The maximum absolute atomic E-state index is 12.6. The number of aryl methyl sites for hydroxylation is 1. The highest BCUT2D eigenvalue weighted by Crippen LogP contribution is 2.22. The minimum atomic E-state index is -0.469. The molecule has 0 aliphatic carbocycles. The van der Waals surface area contributed by atoms with Gasteiger partial charge in [-0.2, -0.15) is 0 Å². The Hall–Kier alpha value is -3.28. The first-order valence-electron chi connectivity index (χ1n) is 8.49. The zero-order chi connectivity index (χ0) is 17.9. The number of alkyl halides is 1. The van der Waals surface area contributed by atoms with Crippen LogP contribution in [-0.2, 0) is 13.1 Å². The van der Waals surface area contributed by atoms with Crippen LogP contribution in [-0.4, -0.2) is 19.5 Å². The molecular formula is C20H18FN5. The van der Waals surface area contributed by atoms with E-state index in [0.29, 0.717) is 17.2 Å². The quantitative estimate of drug-likeness (QED) is 0.574. The standard InChI is InChI=1S/C20H18FN5/c1-2-19-24-16-5-3-4-6-17(16)26(19)20-13-22-12-18(25-20)23-15-9-7-14(11-21)8-10-15/h3-10,12-13H,2,11H2,1H3,(H,23,25). The SMILES string of the molecule is CCc1nc2ccccc2n1-c1cncc(Nc2ccc(CF)cc2)n1. The second kappa shape index (κ2) is 6.92. The van der Waals surface area contributed by atoms with Gasteiger partial charge in [0.25, 0.3) is 0 Å². The van der Waals surface area contributed by atoms with Crippen LogP contribution < -0.4 is 5.32 Å². The van der Waals surface area contributed by atoms with Crippen molar-refractivity contribution >= 4 is 22.5 Å². The molecule has 0 amide bonds. The molecule has 0 spiro atoms. The van der Waals surface area contributed by atoms with E-state index in [4.69, 9.17) is 0 Å². The predicted octanol–water partition coefficient (Wildman–Crippen LogP) is 4.59. The summed E-state index contributed by atoms with van der Waals surface area (Å²) in [5, 5.41) is 3.21. The van der Waals surface area contributed by atoms with E-state index >= 15 is 0 Å². The fourth-order valence-corrected chi connectivity index (χ4v) is 2.92. The molecule has 6 heteroatoms. The van der Waals surface area contributed by atoms with Crippen molar-refractivity contribution in [3.8, 4) is 5.82 Å². The number of para-hydroxylation sites is 2. The highest BCUT2D eigenvalue weighted by Gasteiger charge is 2.12. The first-order valence-corrected chi connectivity index (χ1v) is 8.49. The van der Waals surface area contributed by atoms with Crippen LogP contribution in [0.1, 0.15) is 18.3 Å². The Balaban J connectivity index is 1.72. The molecule has 0 unspecified atom stereocenters. The number of anilines is 2. The van der Waals surface area contributed by atoms with Crippen LogP contribution in [0.15, 0.2) is 60.9 Å². The third-order valence-corrected chi connectivity index (χ3v) is 4.18. The maximum Gasteiger partial charge on any atom is 0.159 e. The Morgan fingerprint density at radius 1 is 1.00 bits per heavy atom. The summed E-state index contributed by atoms with van der Waals surface area (Å²) in [4.78, 5) is 13.7. The Labute approximate surface area is 150 Å². The molecule has 0 radical (unpaired) electrons. The molecule has 2 aromatic carbocycles. The van der Waals surface area contributed by atoms with Gasteiger partial charge in [0.1, 0.15) is 12.5 Å². The number of aromatic nitrogens is 4. The van der Waals surface area contributed by atoms with Crippen molar-refractivity contribution < 1.29 is 4.39 Å². The number of nitrogens with one attached hydrogen (secondary N) is 1. The number of imidazole rings is 1. The summed E-state index contributed by atoms with van der Waals surface area (Å²) in [5.74, 6) is 2.27. The monoisotopic (exact) mass is 347 g/mol. The molecule has 130 valence electrons. The van der Waals surface area contributed by atoms with Gasteiger partial charge in [0.05, 0.1) is 23.4 Å². The molecule has 5 nitrogen and oxygen atoms in total. The van der Waals surface area contributed by atoms with Crippen molar-refractivity contribution in [2.75, 3.05) is 5.32 Å². The summed E-state index contributed by atoms with van der Waals surface area (Å²) in [6, 6.07) is 15.1. The van der Waals surface area contributed by atoms with E-state index in [1.54, 1.807) is 24.5 Å². The topological polar surface area (TPSA) is 55.6 Å². The predicted molar refractivity (Wildman–Crippen MR) is 101 cm³/mol. The molecule has 0 atom stereocenters. The summed E-state index contributed by atoms with van der Waals surface area (Å²) in [6.07, 6.45) is 4.18. The lowest BCUT2D eigenvalue weighted by molar-refractivity contribution is 0.485. The summed E-state index contributed by atoms with van der Waals surface area (Å²) < 4.78 is 14.7. The van der Waals surface area contributed by atoms with Gasteiger partial charge in [-0.1, -0.05) is 31.2 Å². The Morgan fingerprint density at radius 2 is 1.81 bits per heavy atom. The van der Waals surface area contributed by atoms with Crippen LogP contribution in [0.2, 0.25) is 0 Å². The molecule has 0 bridgehead atoms. The van der Waals surface area contributed by atoms with E-state index in [1.807, 2.05) is 41.0 Å². The third kappa shape index (κ3) is 3.01. The van der Waals surface area contributed by atoms with Crippen molar-refractivity contribution in [2.24, 2.45) is 0 Å². The van der Waals surface area contributed by atoms with Gasteiger partial charge in [0.2, 0.25) is 0 Å². The molecule has 2 aromatic heterocycles. The average Bonchev–Trinajstić information content (AvgIpc) is 3.07. The van der Waals surface area contributed by atoms with Gasteiger partial charge in [0.15, 0.2) is 11.6 Å². The van der Waals surface area contributed by atoms with Gasteiger partial charge in [-0.15, -0.1) is 0 Å². The van der Waals surface area contributed by atoms with E-state index in [1.165, 1.54) is 0 Å². The van der Waals surface area contributed by atoms with Gasteiger partial charge in [-0.25, -0.2) is 14.4 Å². The lowest BCUT2D eigenvalue weighted by Gasteiger charge is -2.10. The fraction of sp³-hybridized carbons (Fsp3) is 0.150. The number of benzene rings is 2. The summed E-state index contributed by atoms with van der Waals surface area (Å²) >= 11 is 0. The third-order valence-electron chi connectivity index (χ3n) is 4.18. The molecule has 4 rings (SSSR count). The highest BCUT2D eigenvalue weighted by molar-refractivity contribution is 5.78. The number of hydrogen-bond acceptors (Lipinski definition) is 4. The Morgan fingerprint density at radius 3 is 2.58 bits per heavy atom. The van der Waals surface area contributed by atoms with Crippen molar-refractivity contribution in [3.05, 3.63) is 72.3 Å². The minimum absolute atomic E-state index is 0.469. The summed E-state index contributed by atoms with van der Waals surface area (Å²) in [7, 11) is 0. The van der Waals surface area contributed by atoms with Gasteiger partial charge in [-0.3, -0.25) is 9.55 Å². The molecule has 1 N–H and O–H groups in total. The number of nitrogens with zero attached hydrogens (tertiary/aromatic N) is 4. The first-order chi connectivity index (χ1) is 12.8. The maximum atomic E-state index is 12.6. The van der Waals surface area contributed by atoms with Gasteiger partial charge < -0.3 is 5.32 Å². The lowest BCUT2D eigenvalue weighted by Crippen LogP contribution is -2.05. The molecular weight excluding hydrogens is 329 g/mol. The fourth-order valence-electron chi connectivity index (χ4n) is 2.92. The van der Waals surface area contributed by atoms with Crippen LogP contribution in [0.5, 0.6) is 0 Å². The van der Waals surface area contributed by atoms with Crippen LogP contribution in [0.4, 0.5) is 15.9 Å². The smallest absolute Gasteiger partial charge is 0.159 e. The van der Waals surface area contributed by atoms with E-state index < -0.39 is 6.67 Å². The van der Waals surface area contributed by atoms with E-state index in [2.05, 4.69) is 27.2 Å². The van der Waals surface area contributed by atoms with E-state index in [9.17, 15) is 4.39 Å². The molecule has 26 heavy (non-hydrogen) atoms. The average molecular weight is 347 g/mol. The molecule has 0 saturated heterocycles. The Bertz CT molecular complexity index is 1040. The van der Waals surface area contributed by atoms with Crippen molar-refractivity contribution in [2.45, 2.75) is 20.0 Å². The summed E-state index contributed by atoms with van der Waals surface area (Å²) in [6.45, 7) is 1.60. The number of rotatable bonds is 5. The van der Waals surface area contributed by atoms with Crippen LogP contribution in [0.3, 0.4) is 0 Å². The number of fused-ring (bicyclic) bond motifs is 1. The van der Waals surface area contributed by atoms with Gasteiger partial charge in [0, 0.05) is 12.1 Å². The zero-order valence-electron chi connectivity index (χ0n) is 14.4. The second-order valence-electron chi connectivity index (χ2n) is 5.92. The van der Waals surface area contributed by atoms with Gasteiger partial charge >= 0.3 is 0 Å². The van der Waals surface area contributed by atoms with Gasteiger partial charge in [-0.05, 0) is 29.8 Å². The van der Waals surface area contributed by atoms with E-state index in [-0.39, 0.29) is 0 Å². The molecule has 0 fully saturated rings. The van der Waals surface area contributed by atoms with Crippen molar-refractivity contribution in [3.63, 3.8) is 0 Å². The zero-order valence-corrected chi connectivity index (χ0v) is 14.4. The van der Waals surface area contributed by atoms with E-state index in [0.717, 1.165) is 29.0 Å².